The molecular formula is C23H24OSi. The number of fused-ring (bicyclic) bond motifs is 3. The van der Waals surface area contributed by atoms with Gasteiger partial charge in [-0.15, -0.1) is 0 Å². The summed E-state index contributed by atoms with van der Waals surface area (Å²) in [4.78, 5) is 0. The Balaban J connectivity index is 2.16. The van der Waals surface area contributed by atoms with Crippen molar-refractivity contribution in [3.8, 4) is 16.9 Å². The molecule has 0 unspecified atom stereocenters. The molecule has 126 valence electrons. The summed E-state index contributed by atoms with van der Waals surface area (Å²) in [6.45, 7) is 7.22. The third-order valence-electron chi connectivity index (χ3n) is 5.58. The highest BCUT2D eigenvalue weighted by Gasteiger charge is 2.54. The molecule has 0 aliphatic carbocycles. The van der Waals surface area contributed by atoms with E-state index in [0.717, 1.165) is 5.75 Å². The van der Waals surface area contributed by atoms with Crippen molar-refractivity contribution in [1.82, 2.24) is 0 Å². The van der Waals surface area contributed by atoms with Gasteiger partial charge < -0.3 is 4.74 Å². The van der Waals surface area contributed by atoms with Gasteiger partial charge in [0.15, 0.2) is 8.07 Å². The van der Waals surface area contributed by atoms with Gasteiger partial charge in [-0.05, 0) is 43.9 Å². The van der Waals surface area contributed by atoms with Crippen LogP contribution in [0, 0.1) is 0 Å². The monoisotopic (exact) mass is 344 g/mol. The Labute approximate surface area is 151 Å². The standard InChI is InChI=1S/C23H24OSi/c1-23(2,3)25(18-10-6-5-7-11-18)21-13-9-8-12-19(21)20-16-17(24-4)14-15-22(20)25/h5-16H,1-4H3/t25-/m1/s1. The van der Waals surface area contributed by atoms with Crippen LogP contribution in [0.25, 0.3) is 11.1 Å². The molecule has 0 aromatic heterocycles. The van der Waals surface area contributed by atoms with Gasteiger partial charge in [-0.1, -0.05) is 81.4 Å². The van der Waals surface area contributed by atoms with Gasteiger partial charge in [0.05, 0.1) is 7.11 Å². The number of rotatable bonds is 2. The summed E-state index contributed by atoms with van der Waals surface area (Å²) in [6.07, 6.45) is 0. The van der Waals surface area contributed by atoms with Gasteiger partial charge in [0, 0.05) is 0 Å². The average Bonchev–Trinajstić information content (AvgIpc) is 2.93. The topological polar surface area (TPSA) is 9.23 Å². The van der Waals surface area contributed by atoms with Gasteiger partial charge in [0.2, 0.25) is 0 Å². The first-order valence-corrected chi connectivity index (χ1v) is 10.8. The molecule has 0 amide bonds. The van der Waals surface area contributed by atoms with E-state index >= 15 is 0 Å². The van der Waals surface area contributed by atoms with Gasteiger partial charge >= 0.3 is 0 Å². The maximum Gasteiger partial charge on any atom is 0.155 e. The summed E-state index contributed by atoms with van der Waals surface area (Å²) in [5.74, 6) is 0.931. The zero-order valence-electron chi connectivity index (χ0n) is 15.3. The van der Waals surface area contributed by atoms with Gasteiger partial charge in [0.1, 0.15) is 5.75 Å². The number of hydrogen-bond donors (Lipinski definition) is 0. The minimum Gasteiger partial charge on any atom is -0.497 e. The Morgan fingerprint density at radius 3 is 2.04 bits per heavy atom. The second-order valence-electron chi connectivity index (χ2n) is 7.82. The Bertz CT molecular complexity index is 924. The Morgan fingerprint density at radius 1 is 0.720 bits per heavy atom. The molecule has 0 N–H and O–H groups in total. The zero-order valence-corrected chi connectivity index (χ0v) is 16.3. The summed E-state index contributed by atoms with van der Waals surface area (Å²) >= 11 is 0. The number of benzene rings is 3. The van der Waals surface area contributed by atoms with Crippen molar-refractivity contribution in [3.05, 3.63) is 72.8 Å². The second-order valence-corrected chi connectivity index (χ2v) is 12.5. The van der Waals surface area contributed by atoms with E-state index < -0.39 is 8.07 Å². The molecule has 25 heavy (non-hydrogen) atoms. The lowest BCUT2D eigenvalue weighted by molar-refractivity contribution is 0.415. The number of hydrogen-bond acceptors (Lipinski definition) is 1. The van der Waals surface area contributed by atoms with E-state index in [1.54, 1.807) is 7.11 Å². The van der Waals surface area contributed by atoms with Crippen LogP contribution >= 0.6 is 0 Å². The van der Waals surface area contributed by atoms with Crippen LogP contribution < -0.4 is 20.3 Å². The van der Waals surface area contributed by atoms with Crippen LogP contribution in [0.15, 0.2) is 72.8 Å². The fourth-order valence-electron chi connectivity index (χ4n) is 4.63. The third kappa shape index (κ3) is 2.14. The highest BCUT2D eigenvalue weighted by atomic mass is 28.3. The molecule has 1 atom stereocenters. The molecule has 1 aliphatic rings. The van der Waals surface area contributed by atoms with Crippen LogP contribution in [0.3, 0.4) is 0 Å². The molecule has 0 fully saturated rings. The molecule has 1 heterocycles. The van der Waals surface area contributed by atoms with Crippen LogP contribution in [-0.2, 0) is 0 Å². The predicted molar refractivity (Wildman–Crippen MR) is 109 cm³/mol. The molecule has 0 bridgehead atoms. The van der Waals surface area contributed by atoms with Crippen molar-refractivity contribution in [2.75, 3.05) is 7.11 Å². The lowest BCUT2D eigenvalue weighted by Gasteiger charge is -2.42. The molecule has 3 aromatic carbocycles. The molecule has 0 saturated heterocycles. The van der Waals surface area contributed by atoms with E-state index in [2.05, 4.69) is 93.6 Å². The molecule has 3 aromatic rings. The van der Waals surface area contributed by atoms with Gasteiger partial charge in [-0.25, -0.2) is 0 Å². The first-order chi connectivity index (χ1) is 12.0. The summed E-state index contributed by atoms with van der Waals surface area (Å²) < 4.78 is 5.53. The van der Waals surface area contributed by atoms with E-state index in [4.69, 9.17) is 4.74 Å². The maximum atomic E-state index is 5.53. The maximum absolute atomic E-state index is 5.53. The summed E-state index contributed by atoms with van der Waals surface area (Å²) in [7, 11) is -0.398. The summed E-state index contributed by atoms with van der Waals surface area (Å²) in [6, 6.07) is 26.8. The minimum atomic E-state index is -2.14. The van der Waals surface area contributed by atoms with Crippen molar-refractivity contribution >= 4 is 23.6 Å². The first-order valence-electron chi connectivity index (χ1n) is 8.84. The average molecular weight is 345 g/mol. The molecular weight excluding hydrogens is 320 g/mol. The van der Waals surface area contributed by atoms with Crippen molar-refractivity contribution < 1.29 is 4.74 Å². The van der Waals surface area contributed by atoms with Gasteiger partial charge in [-0.3, -0.25) is 0 Å². The second kappa shape index (κ2) is 5.60. The van der Waals surface area contributed by atoms with Crippen LogP contribution in [0.4, 0.5) is 0 Å². The quantitative estimate of drug-likeness (QED) is 0.640. The van der Waals surface area contributed by atoms with E-state index in [-0.39, 0.29) is 5.04 Å². The zero-order chi connectivity index (χ0) is 17.7. The molecule has 1 aliphatic heterocycles. The predicted octanol–water partition coefficient (Wildman–Crippen LogP) is 3.95. The van der Waals surface area contributed by atoms with Crippen molar-refractivity contribution in [2.45, 2.75) is 25.8 Å². The highest BCUT2D eigenvalue weighted by Crippen LogP contribution is 2.43. The Morgan fingerprint density at radius 2 is 1.36 bits per heavy atom. The normalized spacial score (nSPS) is 18.6. The molecule has 1 nitrogen and oxygen atoms in total. The van der Waals surface area contributed by atoms with Crippen LogP contribution in [-0.4, -0.2) is 15.2 Å². The van der Waals surface area contributed by atoms with Crippen LogP contribution in [0.1, 0.15) is 20.8 Å². The van der Waals surface area contributed by atoms with Gasteiger partial charge in [-0.2, -0.15) is 0 Å². The van der Waals surface area contributed by atoms with Crippen molar-refractivity contribution in [2.24, 2.45) is 0 Å². The minimum absolute atomic E-state index is 0.157. The van der Waals surface area contributed by atoms with E-state index in [9.17, 15) is 0 Å². The van der Waals surface area contributed by atoms with E-state index in [1.807, 2.05) is 0 Å². The van der Waals surface area contributed by atoms with E-state index in [1.165, 1.54) is 26.7 Å². The summed E-state index contributed by atoms with van der Waals surface area (Å²) in [5, 5.41) is 4.67. The highest BCUT2D eigenvalue weighted by molar-refractivity contribution is 7.15. The SMILES string of the molecule is COc1ccc2c(c1)-c1ccccc1[Si@@]2(c1ccccc1)C(C)(C)C. The first kappa shape index (κ1) is 16.2. The van der Waals surface area contributed by atoms with Crippen LogP contribution in [0.2, 0.25) is 5.04 Å². The van der Waals surface area contributed by atoms with Gasteiger partial charge in [0.25, 0.3) is 0 Å². The molecule has 2 heteroatoms. The molecule has 0 saturated carbocycles. The number of methoxy groups -OCH3 is 1. The van der Waals surface area contributed by atoms with Crippen molar-refractivity contribution in [1.29, 1.82) is 0 Å². The van der Waals surface area contributed by atoms with Crippen LogP contribution in [0.5, 0.6) is 5.75 Å². The van der Waals surface area contributed by atoms with Crippen molar-refractivity contribution in [3.63, 3.8) is 0 Å². The largest absolute Gasteiger partial charge is 0.497 e. The third-order valence-corrected chi connectivity index (χ3v) is 11.5. The smallest absolute Gasteiger partial charge is 0.155 e. The fraction of sp³-hybridized carbons (Fsp3) is 0.217. The lowest BCUT2D eigenvalue weighted by atomic mass is 10.1. The molecule has 0 radical (unpaired) electrons. The Kier molecular flexibility index (Phi) is 3.62. The summed E-state index contributed by atoms with van der Waals surface area (Å²) in [5.41, 5.74) is 2.72. The fourth-order valence-corrected chi connectivity index (χ4v) is 10.6. The molecule has 4 rings (SSSR count). The van der Waals surface area contributed by atoms with E-state index in [0.29, 0.717) is 0 Å². The Hall–Kier alpha value is -2.32. The lowest BCUT2D eigenvalue weighted by Crippen LogP contribution is -2.70. The number of ether oxygens (including phenoxy) is 1. The molecule has 0 spiro atoms.